The summed E-state index contributed by atoms with van der Waals surface area (Å²) in [7, 11) is 0. The maximum absolute atomic E-state index is 10.9. The number of anilines is 1. The van der Waals surface area contributed by atoms with Crippen molar-refractivity contribution in [3.8, 4) is 28.2 Å². The first-order valence-corrected chi connectivity index (χ1v) is 12.3. The number of carboxylic acids is 1. The van der Waals surface area contributed by atoms with E-state index in [9.17, 15) is 4.79 Å². The standard InChI is InChI=1S/C28H29N3O5/c1-2-34-21-13-11-18(12-14-21)24-25-27(31-20-9-6-10-22(15-20)35-16-23(32)33)29-17-30-28(25)36-26(24)19-7-4-3-5-8-19/h3-5,7-8,11-14,17,20,22H,2,6,9-10,15-16H2,1H3,(H,32,33)(H,29,30,31)/t20?,22-/m1/s1. The van der Waals surface area contributed by atoms with E-state index in [0.29, 0.717) is 24.6 Å². The lowest BCUT2D eigenvalue weighted by molar-refractivity contribution is -0.145. The Morgan fingerprint density at radius 1 is 1.08 bits per heavy atom. The lowest BCUT2D eigenvalue weighted by Gasteiger charge is -2.29. The second-order valence-corrected chi connectivity index (χ2v) is 8.87. The predicted octanol–water partition coefficient (Wildman–Crippen LogP) is 5.78. The van der Waals surface area contributed by atoms with Crippen LogP contribution in [0.1, 0.15) is 32.6 Å². The van der Waals surface area contributed by atoms with Gasteiger partial charge in [-0.15, -0.1) is 0 Å². The van der Waals surface area contributed by atoms with E-state index in [1.54, 1.807) is 0 Å². The Morgan fingerprint density at radius 3 is 2.64 bits per heavy atom. The summed E-state index contributed by atoms with van der Waals surface area (Å²) in [5.74, 6) is 1.28. The van der Waals surface area contributed by atoms with Crippen molar-refractivity contribution in [2.45, 2.75) is 44.8 Å². The Kier molecular flexibility index (Phi) is 7.13. The molecule has 1 aliphatic carbocycles. The highest BCUT2D eigenvalue weighted by Crippen LogP contribution is 2.43. The lowest BCUT2D eigenvalue weighted by Crippen LogP contribution is -2.33. The Labute approximate surface area is 209 Å². The molecule has 8 nitrogen and oxygen atoms in total. The highest BCUT2D eigenvalue weighted by atomic mass is 16.5. The Balaban J connectivity index is 1.54. The largest absolute Gasteiger partial charge is 0.494 e. The van der Waals surface area contributed by atoms with Crippen LogP contribution in [-0.2, 0) is 9.53 Å². The third-order valence-electron chi connectivity index (χ3n) is 6.39. The first-order valence-electron chi connectivity index (χ1n) is 12.3. The quantitative estimate of drug-likeness (QED) is 0.306. The van der Waals surface area contributed by atoms with Gasteiger partial charge in [-0.05, 0) is 50.3 Å². The summed E-state index contributed by atoms with van der Waals surface area (Å²) in [6.07, 6.45) is 4.86. The van der Waals surface area contributed by atoms with E-state index >= 15 is 0 Å². The fourth-order valence-electron chi connectivity index (χ4n) is 4.81. The van der Waals surface area contributed by atoms with Crippen LogP contribution in [-0.4, -0.2) is 46.4 Å². The number of ether oxygens (including phenoxy) is 2. The van der Waals surface area contributed by atoms with Crippen LogP contribution in [0.15, 0.2) is 65.3 Å². The van der Waals surface area contributed by atoms with Gasteiger partial charge in [-0.3, -0.25) is 0 Å². The molecule has 0 amide bonds. The molecule has 2 aromatic carbocycles. The van der Waals surface area contributed by atoms with Gasteiger partial charge in [-0.1, -0.05) is 42.5 Å². The molecule has 0 bridgehead atoms. The summed E-state index contributed by atoms with van der Waals surface area (Å²) in [6.45, 7) is 2.28. The molecular weight excluding hydrogens is 458 g/mol. The zero-order valence-electron chi connectivity index (χ0n) is 20.1. The first kappa shape index (κ1) is 23.8. The van der Waals surface area contributed by atoms with Crippen LogP contribution < -0.4 is 10.1 Å². The molecular formula is C28H29N3O5. The number of fused-ring (bicyclic) bond motifs is 1. The van der Waals surface area contributed by atoms with E-state index in [-0.39, 0.29) is 18.8 Å². The number of nitrogens with one attached hydrogen (secondary N) is 1. The van der Waals surface area contributed by atoms with Gasteiger partial charge in [0.1, 0.15) is 30.3 Å². The number of rotatable bonds is 9. The molecule has 0 saturated heterocycles. The number of carboxylic acid groups (broad SMARTS) is 1. The molecule has 4 aromatic rings. The molecule has 0 spiro atoms. The van der Waals surface area contributed by atoms with Crippen LogP contribution in [0, 0.1) is 0 Å². The molecule has 0 aliphatic heterocycles. The van der Waals surface area contributed by atoms with Gasteiger partial charge in [0.2, 0.25) is 5.71 Å². The summed E-state index contributed by atoms with van der Waals surface area (Å²) < 4.78 is 17.5. The maximum atomic E-state index is 10.9. The van der Waals surface area contributed by atoms with Crippen LogP contribution in [0.4, 0.5) is 5.82 Å². The van der Waals surface area contributed by atoms with Gasteiger partial charge in [-0.2, -0.15) is 0 Å². The van der Waals surface area contributed by atoms with E-state index in [1.807, 2.05) is 61.5 Å². The van der Waals surface area contributed by atoms with Crippen LogP contribution in [0.3, 0.4) is 0 Å². The predicted molar refractivity (Wildman–Crippen MR) is 137 cm³/mol. The molecule has 2 N–H and O–H groups in total. The summed E-state index contributed by atoms with van der Waals surface area (Å²) >= 11 is 0. The van der Waals surface area contributed by atoms with Gasteiger partial charge in [0.05, 0.1) is 18.1 Å². The number of hydrogen-bond donors (Lipinski definition) is 2. The van der Waals surface area contributed by atoms with Crippen molar-refractivity contribution in [3.63, 3.8) is 0 Å². The molecule has 1 saturated carbocycles. The van der Waals surface area contributed by atoms with Crippen LogP contribution in [0.25, 0.3) is 33.6 Å². The van der Waals surface area contributed by atoms with Gasteiger partial charge >= 0.3 is 5.97 Å². The minimum absolute atomic E-state index is 0.0962. The number of carbonyl (C=O) groups is 1. The molecule has 5 rings (SSSR count). The SMILES string of the molecule is CCOc1ccc(-c2c(-c3ccccc3)oc3ncnc(NC4CCC[C@@H](OCC(=O)O)C4)c23)cc1. The second kappa shape index (κ2) is 10.8. The van der Waals surface area contributed by atoms with Gasteiger partial charge in [0, 0.05) is 17.2 Å². The van der Waals surface area contributed by atoms with Crippen molar-refractivity contribution < 1.29 is 23.8 Å². The monoisotopic (exact) mass is 487 g/mol. The van der Waals surface area contributed by atoms with E-state index in [2.05, 4.69) is 15.3 Å². The molecule has 2 atom stereocenters. The maximum Gasteiger partial charge on any atom is 0.329 e. The Morgan fingerprint density at radius 2 is 1.89 bits per heavy atom. The molecule has 2 heterocycles. The highest BCUT2D eigenvalue weighted by Gasteiger charge is 2.27. The zero-order valence-corrected chi connectivity index (χ0v) is 20.1. The third-order valence-corrected chi connectivity index (χ3v) is 6.39. The number of aromatic nitrogens is 2. The fraction of sp³-hybridized carbons (Fsp3) is 0.321. The van der Waals surface area contributed by atoms with Gasteiger partial charge < -0.3 is 24.3 Å². The number of benzene rings is 2. The summed E-state index contributed by atoms with van der Waals surface area (Å²) in [4.78, 5) is 20.0. The molecule has 1 unspecified atom stereocenters. The van der Waals surface area contributed by atoms with Crippen molar-refractivity contribution in [1.29, 1.82) is 0 Å². The van der Waals surface area contributed by atoms with E-state index in [4.69, 9.17) is 19.0 Å². The Hall–Kier alpha value is -3.91. The molecule has 186 valence electrons. The summed E-state index contributed by atoms with van der Waals surface area (Å²) in [6, 6.07) is 18.0. The average molecular weight is 488 g/mol. The number of hydrogen-bond acceptors (Lipinski definition) is 7. The van der Waals surface area contributed by atoms with E-state index in [1.165, 1.54) is 6.33 Å². The van der Waals surface area contributed by atoms with Gasteiger partial charge in [0.25, 0.3) is 0 Å². The smallest absolute Gasteiger partial charge is 0.329 e. The molecule has 0 radical (unpaired) electrons. The highest BCUT2D eigenvalue weighted by molar-refractivity contribution is 6.05. The molecule has 36 heavy (non-hydrogen) atoms. The normalized spacial score (nSPS) is 17.7. The molecule has 1 aliphatic rings. The topological polar surface area (TPSA) is 107 Å². The van der Waals surface area contributed by atoms with Gasteiger partial charge in [-0.25, -0.2) is 14.8 Å². The average Bonchev–Trinajstić information content (AvgIpc) is 3.30. The Bertz CT molecular complexity index is 1320. The summed E-state index contributed by atoms with van der Waals surface area (Å²) in [5, 5.41) is 13.4. The van der Waals surface area contributed by atoms with Crippen molar-refractivity contribution in [1.82, 2.24) is 9.97 Å². The number of nitrogens with zero attached hydrogens (tertiary/aromatic N) is 2. The van der Waals surface area contributed by atoms with Crippen LogP contribution in [0.5, 0.6) is 5.75 Å². The van der Waals surface area contributed by atoms with E-state index in [0.717, 1.165) is 52.8 Å². The van der Waals surface area contributed by atoms with Crippen molar-refractivity contribution in [2.75, 3.05) is 18.5 Å². The molecule has 8 heteroatoms. The minimum atomic E-state index is -0.950. The number of furan rings is 1. The lowest BCUT2D eigenvalue weighted by atomic mass is 9.92. The van der Waals surface area contributed by atoms with Crippen molar-refractivity contribution in [2.24, 2.45) is 0 Å². The van der Waals surface area contributed by atoms with Crippen molar-refractivity contribution >= 4 is 22.9 Å². The molecule has 1 fully saturated rings. The van der Waals surface area contributed by atoms with Crippen LogP contribution >= 0.6 is 0 Å². The van der Waals surface area contributed by atoms with E-state index < -0.39 is 5.97 Å². The summed E-state index contributed by atoms with van der Waals surface area (Å²) in [5.41, 5.74) is 3.34. The third kappa shape index (κ3) is 5.18. The second-order valence-electron chi connectivity index (χ2n) is 8.87. The first-order chi connectivity index (χ1) is 17.6. The molecule has 2 aromatic heterocycles. The van der Waals surface area contributed by atoms with Gasteiger partial charge in [0.15, 0.2) is 0 Å². The minimum Gasteiger partial charge on any atom is -0.494 e. The fourth-order valence-corrected chi connectivity index (χ4v) is 4.81. The van der Waals surface area contributed by atoms with Crippen molar-refractivity contribution in [3.05, 3.63) is 60.9 Å². The number of aliphatic carboxylic acids is 1. The zero-order chi connectivity index (χ0) is 24.9. The van der Waals surface area contributed by atoms with Crippen LogP contribution in [0.2, 0.25) is 0 Å².